The van der Waals surface area contributed by atoms with Gasteiger partial charge in [-0.25, -0.2) is 0 Å². The van der Waals surface area contributed by atoms with Crippen molar-refractivity contribution in [3.05, 3.63) is 0 Å². The van der Waals surface area contributed by atoms with Crippen molar-refractivity contribution in [3.63, 3.8) is 0 Å². The van der Waals surface area contributed by atoms with Gasteiger partial charge in [0.15, 0.2) is 0 Å². The summed E-state index contributed by atoms with van der Waals surface area (Å²) in [6.45, 7) is 9.77. The van der Waals surface area contributed by atoms with Crippen LogP contribution >= 0.6 is 0 Å². The maximum absolute atomic E-state index is 9.38. The van der Waals surface area contributed by atoms with Gasteiger partial charge in [0, 0.05) is 7.11 Å². The third kappa shape index (κ3) is 11.3. The molecule has 1 N–H and O–H groups in total. The second-order valence-corrected chi connectivity index (χ2v) is 4.95. The molecule has 0 amide bonds. The monoisotopic (exact) mass is 278 g/mol. The number of aliphatic hydroxyl groups is 1. The van der Waals surface area contributed by atoms with E-state index < -0.39 is 6.10 Å². The molecule has 0 spiro atoms. The van der Waals surface area contributed by atoms with Crippen LogP contribution in [0.3, 0.4) is 0 Å². The predicted octanol–water partition coefficient (Wildman–Crippen LogP) is 1.62. The van der Waals surface area contributed by atoms with Crippen molar-refractivity contribution in [2.24, 2.45) is 0 Å². The highest BCUT2D eigenvalue weighted by Gasteiger charge is 2.10. The average molecular weight is 278 g/mol. The summed E-state index contributed by atoms with van der Waals surface area (Å²) in [6, 6.07) is 0. The lowest BCUT2D eigenvalue weighted by molar-refractivity contribution is -0.0858. The molecule has 0 aliphatic heterocycles. The molecule has 19 heavy (non-hydrogen) atoms. The summed E-state index contributed by atoms with van der Waals surface area (Å²) in [5.74, 6) is 0. The SMILES string of the molecule is CC[C@H](O)CO[C@@H](C)CO[C@@H](C)CO[C@@H](C)COC. The highest BCUT2D eigenvalue weighted by atomic mass is 16.6. The Labute approximate surface area is 117 Å². The first-order valence-corrected chi connectivity index (χ1v) is 7.01. The van der Waals surface area contributed by atoms with Gasteiger partial charge in [-0.15, -0.1) is 0 Å². The van der Waals surface area contributed by atoms with Crippen molar-refractivity contribution in [1.82, 2.24) is 0 Å². The molecule has 116 valence electrons. The molecule has 0 aromatic rings. The van der Waals surface area contributed by atoms with Crippen LogP contribution in [-0.2, 0) is 18.9 Å². The predicted molar refractivity (Wildman–Crippen MR) is 74.4 cm³/mol. The molecule has 0 saturated heterocycles. The van der Waals surface area contributed by atoms with Crippen molar-refractivity contribution in [2.75, 3.05) is 33.5 Å². The Morgan fingerprint density at radius 3 is 1.63 bits per heavy atom. The van der Waals surface area contributed by atoms with E-state index in [1.807, 2.05) is 27.7 Å². The van der Waals surface area contributed by atoms with Gasteiger partial charge in [0.05, 0.1) is 50.8 Å². The number of hydrogen-bond acceptors (Lipinski definition) is 5. The first-order valence-electron chi connectivity index (χ1n) is 7.01. The maximum atomic E-state index is 9.38. The summed E-state index contributed by atoms with van der Waals surface area (Å²) in [6.07, 6.45) is 0.374. The minimum absolute atomic E-state index is 0.0152. The topological polar surface area (TPSA) is 57.2 Å². The molecule has 0 aromatic heterocycles. The quantitative estimate of drug-likeness (QED) is 0.588. The fraction of sp³-hybridized carbons (Fsp3) is 1.00. The van der Waals surface area contributed by atoms with Crippen molar-refractivity contribution in [2.45, 2.75) is 58.5 Å². The van der Waals surface area contributed by atoms with E-state index in [-0.39, 0.29) is 18.3 Å². The van der Waals surface area contributed by atoms with Crippen molar-refractivity contribution < 1.29 is 24.1 Å². The molecule has 0 bridgehead atoms. The van der Waals surface area contributed by atoms with Gasteiger partial charge in [0.2, 0.25) is 0 Å². The van der Waals surface area contributed by atoms with Gasteiger partial charge in [0.25, 0.3) is 0 Å². The Balaban J connectivity index is 3.57. The lowest BCUT2D eigenvalue weighted by atomic mass is 10.3. The highest BCUT2D eigenvalue weighted by Crippen LogP contribution is 2.01. The second-order valence-electron chi connectivity index (χ2n) is 4.95. The molecular formula is C14H30O5. The van der Waals surface area contributed by atoms with E-state index in [1.165, 1.54) is 0 Å². The van der Waals surface area contributed by atoms with E-state index in [0.29, 0.717) is 32.8 Å². The molecule has 0 radical (unpaired) electrons. The van der Waals surface area contributed by atoms with Crippen LogP contribution < -0.4 is 0 Å². The van der Waals surface area contributed by atoms with E-state index in [2.05, 4.69) is 0 Å². The third-order valence-corrected chi connectivity index (χ3v) is 2.68. The number of aliphatic hydroxyl groups excluding tert-OH is 1. The van der Waals surface area contributed by atoms with Crippen LogP contribution in [0, 0.1) is 0 Å². The highest BCUT2D eigenvalue weighted by molar-refractivity contribution is 4.56. The molecule has 0 heterocycles. The van der Waals surface area contributed by atoms with E-state index in [9.17, 15) is 5.11 Å². The van der Waals surface area contributed by atoms with Crippen LogP contribution in [0.2, 0.25) is 0 Å². The molecule has 5 nitrogen and oxygen atoms in total. The summed E-state index contributed by atoms with van der Waals surface area (Å²) < 4.78 is 21.6. The minimum atomic E-state index is -0.391. The molecule has 0 aliphatic carbocycles. The molecule has 4 atom stereocenters. The van der Waals surface area contributed by atoms with Crippen LogP contribution in [0.25, 0.3) is 0 Å². The average Bonchev–Trinajstić information content (AvgIpc) is 2.40. The van der Waals surface area contributed by atoms with Gasteiger partial charge in [0.1, 0.15) is 0 Å². The largest absolute Gasteiger partial charge is 0.391 e. The summed E-state index contributed by atoms with van der Waals surface area (Å²) in [4.78, 5) is 0. The first kappa shape index (κ1) is 18.8. The molecule has 0 saturated carbocycles. The molecule has 0 rings (SSSR count). The zero-order chi connectivity index (χ0) is 14.7. The lowest BCUT2D eigenvalue weighted by Gasteiger charge is -2.20. The minimum Gasteiger partial charge on any atom is -0.391 e. The zero-order valence-electron chi connectivity index (χ0n) is 12.9. The Bertz CT molecular complexity index is 200. The Morgan fingerprint density at radius 2 is 1.21 bits per heavy atom. The number of methoxy groups -OCH3 is 1. The molecule has 0 fully saturated rings. The first-order chi connectivity index (χ1) is 8.99. The summed E-state index contributed by atoms with van der Waals surface area (Å²) in [7, 11) is 1.66. The number of rotatable bonds is 12. The fourth-order valence-corrected chi connectivity index (χ4v) is 1.37. The Morgan fingerprint density at radius 1 is 0.789 bits per heavy atom. The van der Waals surface area contributed by atoms with Crippen LogP contribution in [0.15, 0.2) is 0 Å². The van der Waals surface area contributed by atoms with Crippen LogP contribution in [-0.4, -0.2) is 63.1 Å². The smallest absolute Gasteiger partial charge is 0.0781 e. The molecule has 5 heteroatoms. The van der Waals surface area contributed by atoms with Crippen LogP contribution in [0.4, 0.5) is 0 Å². The van der Waals surface area contributed by atoms with Crippen LogP contribution in [0.1, 0.15) is 34.1 Å². The lowest BCUT2D eigenvalue weighted by Crippen LogP contribution is -2.28. The standard InChI is InChI=1S/C14H30O5/c1-6-14(15)10-19-13(4)9-18-12(3)8-17-11(2)7-16-5/h11-15H,6-10H2,1-5H3/t11-,12-,13-,14-/m0/s1. The van der Waals surface area contributed by atoms with Crippen molar-refractivity contribution >= 4 is 0 Å². The van der Waals surface area contributed by atoms with Gasteiger partial charge in [-0.2, -0.15) is 0 Å². The molecule has 0 aromatic carbocycles. The Kier molecular flexibility index (Phi) is 11.5. The zero-order valence-corrected chi connectivity index (χ0v) is 12.9. The fourth-order valence-electron chi connectivity index (χ4n) is 1.37. The van der Waals surface area contributed by atoms with Gasteiger partial charge in [-0.05, 0) is 27.2 Å². The van der Waals surface area contributed by atoms with Gasteiger partial charge >= 0.3 is 0 Å². The molecule has 0 unspecified atom stereocenters. The van der Waals surface area contributed by atoms with Crippen molar-refractivity contribution in [3.8, 4) is 0 Å². The molecule has 0 aliphatic rings. The van der Waals surface area contributed by atoms with E-state index >= 15 is 0 Å². The van der Waals surface area contributed by atoms with Gasteiger partial charge in [-0.1, -0.05) is 6.92 Å². The normalized spacial score (nSPS) is 18.0. The summed E-state index contributed by atoms with van der Waals surface area (Å²) in [5.41, 5.74) is 0. The van der Waals surface area contributed by atoms with Crippen LogP contribution in [0.5, 0.6) is 0 Å². The summed E-state index contributed by atoms with van der Waals surface area (Å²) in [5, 5.41) is 9.38. The number of ether oxygens (including phenoxy) is 4. The second kappa shape index (κ2) is 11.6. The maximum Gasteiger partial charge on any atom is 0.0781 e. The van der Waals surface area contributed by atoms with E-state index in [0.717, 1.165) is 0 Å². The van der Waals surface area contributed by atoms with Crippen molar-refractivity contribution in [1.29, 1.82) is 0 Å². The van der Waals surface area contributed by atoms with E-state index in [1.54, 1.807) is 7.11 Å². The summed E-state index contributed by atoms with van der Waals surface area (Å²) >= 11 is 0. The molecular weight excluding hydrogens is 248 g/mol. The van der Waals surface area contributed by atoms with Gasteiger partial charge < -0.3 is 24.1 Å². The third-order valence-electron chi connectivity index (χ3n) is 2.68. The number of hydrogen-bond donors (Lipinski definition) is 1. The van der Waals surface area contributed by atoms with Gasteiger partial charge in [-0.3, -0.25) is 0 Å². The van der Waals surface area contributed by atoms with E-state index in [4.69, 9.17) is 18.9 Å². The Hall–Kier alpha value is -0.200.